The van der Waals surface area contributed by atoms with Crippen LogP contribution >= 0.6 is 11.8 Å². The van der Waals surface area contributed by atoms with Crippen LogP contribution in [0.2, 0.25) is 0 Å². The largest absolute Gasteiger partial charge is 0.317 e. The van der Waals surface area contributed by atoms with Gasteiger partial charge in [-0.1, -0.05) is 6.92 Å². The highest BCUT2D eigenvalue weighted by molar-refractivity contribution is 7.98. The van der Waals surface area contributed by atoms with Crippen LogP contribution in [0.1, 0.15) is 26.2 Å². The number of thioether (sulfide) groups is 1. The summed E-state index contributed by atoms with van der Waals surface area (Å²) in [5.41, 5.74) is 0. The average molecular weight is 266 g/mol. The van der Waals surface area contributed by atoms with Gasteiger partial charge < -0.3 is 5.32 Å². The molecule has 6 heteroatoms. The van der Waals surface area contributed by atoms with Gasteiger partial charge in [0, 0.05) is 11.8 Å². The number of sulfonamides is 1. The van der Waals surface area contributed by atoms with Crippen molar-refractivity contribution in [3.05, 3.63) is 0 Å². The molecule has 1 rings (SSSR count). The molecule has 0 amide bonds. The van der Waals surface area contributed by atoms with Crippen LogP contribution in [0.5, 0.6) is 0 Å². The molecule has 16 heavy (non-hydrogen) atoms. The molecule has 4 nitrogen and oxygen atoms in total. The van der Waals surface area contributed by atoms with E-state index in [0.29, 0.717) is 0 Å². The van der Waals surface area contributed by atoms with Gasteiger partial charge in [0.05, 0.1) is 5.25 Å². The van der Waals surface area contributed by atoms with Gasteiger partial charge in [-0.05, 0) is 38.6 Å². The minimum absolute atomic E-state index is 0.0786. The Labute approximate surface area is 103 Å². The van der Waals surface area contributed by atoms with Crippen molar-refractivity contribution in [3.8, 4) is 0 Å². The predicted octanol–water partition coefficient (Wildman–Crippen LogP) is 0.799. The van der Waals surface area contributed by atoms with Gasteiger partial charge in [0.15, 0.2) is 0 Å². The second-order valence-corrected chi connectivity index (χ2v) is 7.08. The van der Waals surface area contributed by atoms with Crippen molar-refractivity contribution >= 4 is 21.8 Å². The monoisotopic (exact) mass is 266 g/mol. The quantitative estimate of drug-likeness (QED) is 0.746. The van der Waals surface area contributed by atoms with Crippen LogP contribution in [0, 0.1) is 0 Å². The Bertz CT molecular complexity index is 287. The van der Waals surface area contributed by atoms with Crippen molar-refractivity contribution in [2.24, 2.45) is 0 Å². The lowest BCUT2D eigenvalue weighted by molar-refractivity contribution is 0.482. The van der Waals surface area contributed by atoms with Gasteiger partial charge in [-0.2, -0.15) is 11.8 Å². The summed E-state index contributed by atoms with van der Waals surface area (Å²) >= 11 is 1.68. The Morgan fingerprint density at radius 3 is 2.56 bits per heavy atom. The average Bonchev–Trinajstić information content (AvgIpc) is 2.29. The fourth-order valence-corrected chi connectivity index (χ4v) is 4.46. The molecule has 1 fully saturated rings. The summed E-state index contributed by atoms with van der Waals surface area (Å²) in [6.07, 6.45) is 4.31. The molecule has 1 aliphatic heterocycles. The Morgan fingerprint density at radius 2 is 2.06 bits per heavy atom. The zero-order valence-corrected chi connectivity index (χ0v) is 11.7. The number of nitrogens with one attached hydrogen (secondary N) is 2. The van der Waals surface area contributed by atoms with Crippen LogP contribution in [0.25, 0.3) is 0 Å². The lowest BCUT2D eigenvalue weighted by Crippen LogP contribution is -2.45. The highest BCUT2D eigenvalue weighted by Gasteiger charge is 2.28. The van der Waals surface area contributed by atoms with Crippen molar-refractivity contribution in [1.29, 1.82) is 0 Å². The SMILES string of the molecule is CCC(CSC)NS(=O)(=O)C1CCNCC1. The molecule has 2 N–H and O–H groups in total. The van der Waals surface area contributed by atoms with E-state index in [2.05, 4.69) is 10.0 Å². The summed E-state index contributed by atoms with van der Waals surface area (Å²) in [5.74, 6) is 0.848. The molecule has 0 bridgehead atoms. The van der Waals surface area contributed by atoms with Crippen molar-refractivity contribution in [2.75, 3.05) is 25.1 Å². The summed E-state index contributed by atoms with van der Waals surface area (Å²) < 4.78 is 27.0. The lowest BCUT2D eigenvalue weighted by atomic mass is 10.2. The van der Waals surface area contributed by atoms with E-state index >= 15 is 0 Å². The predicted molar refractivity (Wildman–Crippen MR) is 70.4 cm³/mol. The summed E-state index contributed by atoms with van der Waals surface area (Å²) in [6, 6.07) is 0.0786. The van der Waals surface area contributed by atoms with E-state index in [9.17, 15) is 8.42 Å². The standard InChI is InChI=1S/C10H22N2O2S2/c1-3-9(8-15-2)12-16(13,14)10-4-6-11-7-5-10/h9-12H,3-8H2,1-2H3. The summed E-state index contributed by atoms with van der Waals surface area (Å²) in [4.78, 5) is 0. The van der Waals surface area contributed by atoms with Crippen molar-refractivity contribution in [3.63, 3.8) is 0 Å². The van der Waals surface area contributed by atoms with Gasteiger partial charge in [0.25, 0.3) is 0 Å². The normalized spacial score (nSPS) is 20.9. The molecule has 1 atom stereocenters. The molecule has 0 aromatic rings. The molecular formula is C10H22N2O2S2. The fraction of sp³-hybridized carbons (Fsp3) is 1.00. The number of hydrogen-bond donors (Lipinski definition) is 2. The number of hydrogen-bond acceptors (Lipinski definition) is 4. The first-order valence-corrected chi connectivity index (χ1v) is 8.75. The Balaban J connectivity index is 2.54. The maximum Gasteiger partial charge on any atom is 0.214 e. The second-order valence-electron chi connectivity index (χ2n) is 4.17. The third kappa shape index (κ3) is 4.24. The zero-order chi connectivity index (χ0) is 12.0. The van der Waals surface area contributed by atoms with Crippen LogP contribution in [-0.2, 0) is 10.0 Å². The smallest absolute Gasteiger partial charge is 0.214 e. The summed E-state index contributed by atoms with van der Waals surface area (Å²) in [5, 5.41) is 2.98. The van der Waals surface area contributed by atoms with E-state index in [1.807, 2.05) is 13.2 Å². The molecule has 1 saturated heterocycles. The third-order valence-corrected chi connectivity index (χ3v) is 5.66. The van der Waals surface area contributed by atoms with Crippen LogP contribution < -0.4 is 10.0 Å². The van der Waals surface area contributed by atoms with E-state index in [1.165, 1.54) is 0 Å². The Kier molecular flexibility index (Phi) is 6.10. The van der Waals surface area contributed by atoms with Gasteiger partial charge >= 0.3 is 0 Å². The van der Waals surface area contributed by atoms with Crippen molar-refractivity contribution < 1.29 is 8.42 Å². The Morgan fingerprint density at radius 1 is 1.44 bits per heavy atom. The van der Waals surface area contributed by atoms with E-state index in [-0.39, 0.29) is 11.3 Å². The molecule has 0 aromatic carbocycles. The van der Waals surface area contributed by atoms with Crippen LogP contribution in [0.3, 0.4) is 0 Å². The zero-order valence-electron chi connectivity index (χ0n) is 10.0. The molecule has 96 valence electrons. The molecule has 1 aliphatic rings. The van der Waals surface area contributed by atoms with E-state index in [0.717, 1.165) is 38.1 Å². The molecule has 0 radical (unpaired) electrons. The van der Waals surface area contributed by atoms with E-state index in [1.54, 1.807) is 11.8 Å². The minimum Gasteiger partial charge on any atom is -0.317 e. The first-order chi connectivity index (χ1) is 7.60. The van der Waals surface area contributed by atoms with E-state index < -0.39 is 10.0 Å². The first kappa shape index (κ1) is 14.3. The maximum atomic E-state index is 12.1. The molecular weight excluding hydrogens is 244 g/mol. The van der Waals surface area contributed by atoms with Gasteiger partial charge in [-0.15, -0.1) is 0 Å². The molecule has 0 spiro atoms. The number of piperidine rings is 1. The first-order valence-electron chi connectivity index (χ1n) is 5.81. The van der Waals surface area contributed by atoms with Crippen molar-refractivity contribution in [2.45, 2.75) is 37.5 Å². The molecule has 0 saturated carbocycles. The van der Waals surface area contributed by atoms with Crippen LogP contribution in [-0.4, -0.2) is 44.8 Å². The maximum absolute atomic E-state index is 12.1. The number of rotatable bonds is 6. The van der Waals surface area contributed by atoms with Gasteiger partial charge in [0.2, 0.25) is 10.0 Å². The van der Waals surface area contributed by atoms with Gasteiger partial charge in [0.1, 0.15) is 0 Å². The topological polar surface area (TPSA) is 58.2 Å². The highest BCUT2D eigenvalue weighted by Crippen LogP contribution is 2.14. The lowest BCUT2D eigenvalue weighted by Gasteiger charge is -2.25. The van der Waals surface area contributed by atoms with Gasteiger partial charge in [-0.3, -0.25) is 0 Å². The van der Waals surface area contributed by atoms with Crippen molar-refractivity contribution in [1.82, 2.24) is 10.0 Å². The second kappa shape index (κ2) is 6.83. The van der Waals surface area contributed by atoms with Gasteiger partial charge in [-0.25, -0.2) is 13.1 Å². The fourth-order valence-electron chi connectivity index (χ4n) is 1.87. The van der Waals surface area contributed by atoms with Crippen LogP contribution in [0.4, 0.5) is 0 Å². The summed E-state index contributed by atoms with van der Waals surface area (Å²) in [6.45, 7) is 3.64. The molecule has 0 aromatic heterocycles. The van der Waals surface area contributed by atoms with Crippen LogP contribution in [0.15, 0.2) is 0 Å². The molecule has 1 heterocycles. The highest BCUT2D eigenvalue weighted by atomic mass is 32.2. The molecule has 1 unspecified atom stereocenters. The Hall–Kier alpha value is 0.220. The minimum atomic E-state index is -3.12. The van der Waals surface area contributed by atoms with E-state index in [4.69, 9.17) is 0 Å². The third-order valence-electron chi connectivity index (χ3n) is 2.92. The summed E-state index contributed by atoms with van der Waals surface area (Å²) in [7, 11) is -3.12. The molecule has 0 aliphatic carbocycles.